The lowest BCUT2D eigenvalue weighted by atomic mass is 9.99. The molecule has 1 heterocycles. The maximum absolute atomic E-state index is 12.2. The van der Waals surface area contributed by atoms with Gasteiger partial charge in [0.05, 0.1) is 23.5 Å². The molecule has 1 fully saturated rings. The van der Waals surface area contributed by atoms with E-state index in [2.05, 4.69) is 15.4 Å². The van der Waals surface area contributed by atoms with E-state index in [1.165, 1.54) is 0 Å². The highest BCUT2D eigenvalue weighted by Crippen LogP contribution is 2.23. The molecule has 20 heavy (non-hydrogen) atoms. The van der Waals surface area contributed by atoms with Gasteiger partial charge >= 0.3 is 0 Å². The van der Waals surface area contributed by atoms with Crippen molar-refractivity contribution in [3.63, 3.8) is 0 Å². The third-order valence-electron chi connectivity index (χ3n) is 3.15. The minimum atomic E-state index is -3.37. The van der Waals surface area contributed by atoms with E-state index < -0.39 is 10.0 Å². The summed E-state index contributed by atoms with van der Waals surface area (Å²) in [5, 5.41) is 5.98. The standard InChI is InChI=1S/C13H19N3O3S/c1-20(18,19)16-12-7-3-2-6-11(12)15-13(17)10-5-4-8-14-9-10/h2-3,6-7,10,14,16H,4-5,8-9H2,1H3,(H,15,17)/t10-/m1/s1. The van der Waals surface area contributed by atoms with Crippen molar-refractivity contribution in [1.29, 1.82) is 0 Å². The van der Waals surface area contributed by atoms with Crippen LogP contribution in [-0.2, 0) is 14.8 Å². The SMILES string of the molecule is CS(=O)(=O)Nc1ccccc1NC(=O)[C@@H]1CCCNC1. The highest BCUT2D eigenvalue weighted by Gasteiger charge is 2.21. The van der Waals surface area contributed by atoms with Crippen molar-refractivity contribution < 1.29 is 13.2 Å². The van der Waals surface area contributed by atoms with Crippen LogP contribution >= 0.6 is 0 Å². The molecule has 1 aliphatic rings. The van der Waals surface area contributed by atoms with Crippen LogP contribution in [0.3, 0.4) is 0 Å². The van der Waals surface area contributed by atoms with Crippen molar-refractivity contribution >= 4 is 27.3 Å². The van der Waals surface area contributed by atoms with Gasteiger partial charge in [0, 0.05) is 6.54 Å². The van der Waals surface area contributed by atoms with Crippen LogP contribution in [0, 0.1) is 5.92 Å². The molecule has 1 aliphatic heterocycles. The number of carbonyl (C=O) groups excluding carboxylic acids is 1. The number of nitrogens with one attached hydrogen (secondary N) is 3. The average Bonchev–Trinajstić information content (AvgIpc) is 2.40. The summed E-state index contributed by atoms with van der Waals surface area (Å²) in [4.78, 5) is 12.2. The van der Waals surface area contributed by atoms with Gasteiger partial charge in [0.1, 0.15) is 0 Å². The van der Waals surface area contributed by atoms with Crippen LogP contribution in [0.15, 0.2) is 24.3 Å². The molecule has 1 saturated heterocycles. The number of hydrogen-bond donors (Lipinski definition) is 3. The number of rotatable bonds is 4. The fourth-order valence-corrected chi connectivity index (χ4v) is 2.77. The Morgan fingerprint density at radius 1 is 1.30 bits per heavy atom. The van der Waals surface area contributed by atoms with Gasteiger partial charge in [-0.2, -0.15) is 0 Å². The quantitative estimate of drug-likeness (QED) is 0.773. The van der Waals surface area contributed by atoms with Gasteiger partial charge in [-0.15, -0.1) is 0 Å². The average molecular weight is 297 g/mol. The van der Waals surface area contributed by atoms with E-state index in [1.807, 2.05) is 0 Å². The largest absolute Gasteiger partial charge is 0.324 e. The summed E-state index contributed by atoms with van der Waals surface area (Å²) < 4.78 is 25.0. The van der Waals surface area contributed by atoms with E-state index in [4.69, 9.17) is 0 Å². The lowest BCUT2D eigenvalue weighted by Crippen LogP contribution is -2.37. The molecule has 0 bridgehead atoms. The lowest BCUT2D eigenvalue weighted by Gasteiger charge is -2.22. The van der Waals surface area contributed by atoms with Gasteiger partial charge in [-0.25, -0.2) is 8.42 Å². The van der Waals surface area contributed by atoms with Crippen LogP contribution in [0.2, 0.25) is 0 Å². The summed E-state index contributed by atoms with van der Waals surface area (Å²) in [6, 6.07) is 6.77. The van der Waals surface area contributed by atoms with Crippen molar-refractivity contribution in [1.82, 2.24) is 5.32 Å². The van der Waals surface area contributed by atoms with Crippen LogP contribution in [-0.4, -0.2) is 33.7 Å². The zero-order chi connectivity index (χ0) is 14.6. The van der Waals surface area contributed by atoms with E-state index in [9.17, 15) is 13.2 Å². The van der Waals surface area contributed by atoms with E-state index in [1.54, 1.807) is 24.3 Å². The molecular formula is C13H19N3O3S. The van der Waals surface area contributed by atoms with Crippen molar-refractivity contribution in [2.45, 2.75) is 12.8 Å². The van der Waals surface area contributed by atoms with Gasteiger partial charge in [-0.1, -0.05) is 12.1 Å². The van der Waals surface area contributed by atoms with Crippen LogP contribution in [0.5, 0.6) is 0 Å². The fourth-order valence-electron chi connectivity index (χ4n) is 2.19. The molecule has 0 spiro atoms. The number of benzene rings is 1. The van der Waals surface area contributed by atoms with Crippen molar-refractivity contribution in [3.05, 3.63) is 24.3 Å². The number of carbonyl (C=O) groups is 1. The monoisotopic (exact) mass is 297 g/mol. The first kappa shape index (κ1) is 14.8. The third-order valence-corrected chi connectivity index (χ3v) is 3.74. The molecule has 0 aliphatic carbocycles. The molecule has 2 rings (SSSR count). The third kappa shape index (κ3) is 4.21. The molecule has 3 N–H and O–H groups in total. The molecule has 1 atom stereocenters. The van der Waals surface area contributed by atoms with Crippen molar-refractivity contribution in [3.8, 4) is 0 Å². The number of piperidine rings is 1. The van der Waals surface area contributed by atoms with Crippen molar-refractivity contribution in [2.75, 3.05) is 29.4 Å². The minimum absolute atomic E-state index is 0.0740. The molecular weight excluding hydrogens is 278 g/mol. The molecule has 0 unspecified atom stereocenters. The topological polar surface area (TPSA) is 87.3 Å². The number of para-hydroxylation sites is 2. The summed E-state index contributed by atoms with van der Waals surface area (Å²) in [7, 11) is -3.37. The summed E-state index contributed by atoms with van der Waals surface area (Å²) in [5.74, 6) is -0.157. The van der Waals surface area contributed by atoms with E-state index in [-0.39, 0.29) is 11.8 Å². The fraction of sp³-hybridized carbons (Fsp3) is 0.462. The summed E-state index contributed by atoms with van der Waals surface area (Å²) >= 11 is 0. The minimum Gasteiger partial charge on any atom is -0.324 e. The Balaban J connectivity index is 2.10. The maximum Gasteiger partial charge on any atom is 0.229 e. The van der Waals surface area contributed by atoms with Crippen LogP contribution in [0.25, 0.3) is 0 Å². The molecule has 0 saturated carbocycles. The molecule has 1 aromatic rings. The Labute approximate surface area is 119 Å². The van der Waals surface area contributed by atoms with Crippen LogP contribution in [0.4, 0.5) is 11.4 Å². The molecule has 0 radical (unpaired) electrons. The van der Waals surface area contributed by atoms with Gasteiger partial charge in [0.15, 0.2) is 0 Å². The molecule has 1 amide bonds. The van der Waals surface area contributed by atoms with Gasteiger partial charge in [-0.05, 0) is 31.5 Å². The lowest BCUT2D eigenvalue weighted by molar-refractivity contribution is -0.120. The van der Waals surface area contributed by atoms with E-state index >= 15 is 0 Å². The first-order valence-corrected chi connectivity index (χ1v) is 8.43. The number of amides is 1. The highest BCUT2D eigenvalue weighted by molar-refractivity contribution is 7.92. The second kappa shape index (κ2) is 6.23. The molecule has 1 aromatic carbocycles. The Morgan fingerprint density at radius 2 is 2.00 bits per heavy atom. The number of sulfonamides is 1. The molecule has 7 heteroatoms. The van der Waals surface area contributed by atoms with Gasteiger partial charge in [0.2, 0.25) is 15.9 Å². The maximum atomic E-state index is 12.2. The normalized spacial score (nSPS) is 19.4. The molecule has 0 aromatic heterocycles. The zero-order valence-electron chi connectivity index (χ0n) is 11.3. The molecule has 6 nitrogen and oxygen atoms in total. The summed E-state index contributed by atoms with van der Waals surface area (Å²) in [5.41, 5.74) is 0.862. The Hall–Kier alpha value is -1.60. The second-order valence-electron chi connectivity index (χ2n) is 4.95. The van der Waals surface area contributed by atoms with Gasteiger partial charge < -0.3 is 10.6 Å². The zero-order valence-corrected chi connectivity index (χ0v) is 12.2. The first-order chi connectivity index (χ1) is 9.46. The second-order valence-corrected chi connectivity index (χ2v) is 6.70. The highest BCUT2D eigenvalue weighted by atomic mass is 32.2. The predicted molar refractivity (Wildman–Crippen MR) is 79.1 cm³/mol. The van der Waals surface area contributed by atoms with E-state index in [0.717, 1.165) is 25.6 Å². The molecule has 110 valence electrons. The van der Waals surface area contributed by atoms with Crippen LogP contribution < -0.4 is 15.4 Å². The number of anilines is 2. The Kier molecular flexibility index (Phi) is 4.61. The summed E-state index contributed by atoms with van der Waals surface area (Å²) in [6.45, 7) is 1.60. The Bertz CT molecular complexity index is 580. The number of hydrogen-bond acceptors (Lipinski definition) is 4. The van der Waals surface area contributed by atoms with Gasteiger partial charge in [-0.3, -0.25) is 9.52 Å². The van der Waals surface area contributed by atoms with E-state index in [0.29, 0.717) is 17.9 Å². The first-order valence-electron chi connectivity index (χ1n) is 6.54. The van der Waals surface area contributed by atoms with Crippen molar-refractivity contribution in [2.24, 2.45) is 5.92 Å². The van der Waals surface area contributed by atoms with Crippen LogP contribution in [0.1, 0.15) is 12.8 Å². The van der Waals surface area contributed by atoms with Gasteiger partial charge in [0.25, 0.3) is 0 Å². The smallest absolute Gasteiger partial charge is 0.229 e. The summed E-state index contributed by atoms with van der Waals surface area (Å²) in [6.07, 6.45) is 2.90. The predicted octanol–water partition coefficient (Wildman–Crippen LogP) is 0.996. The Morgan fingerprint density at radius 3 is 2.60 bits per heavy atom.